The Bertz CT molecular complexity index is 1110. The molecule has 0 aromatic heterocycles. The van der Waals surface area contributed by atoms with E-state index in [0.29, 0.717) is 18.0 Å². The van der Waals surface area contributed by atoms with Crippen LogP contribution in [0.5, 0.6) is 0 Å². The molecule has 3 aromatic carbocycles. The standard InChI is InChI=1S/C24H29N3O2S/c1-25(2)23-12-6-11-22-21(23)10-7-13-24(22)30(28,29)27-18-16-26(17-19-27)15-14-20-8-4-3-5-9-20/h3-13H,14-19H2,1-2H3. The Kier molecular flexibility index (Phi) is 6.09. The number of sulfonamides is 1. The molecule has 0 amide bonds. The smallest absolute Gasteiger partial charge is 0.243 e. The Morgan fingerprint density at radius 3 is 2.17 bits per heavy atom. The first-order chi connectivity index (χ1) is 14.5. The summed E-state index contributed by atoms with van der Waals surface area (Å²) in [6, 6.07) is 21.9. The van der Waals surface area contributed by atoms with Gasteiger partial charge in [0, 0.05) is 63.3 Å². The molecule has 1 fully saturated rings. The van der Waals surface area contributed by atoms with Crippen LogP contribution in [-0.2, 0) is 16.4 Å². The fourth-order valence-corrected chi connectivity index (χ4v) is 5.77. The lowest BCUT2D eigenvalue weighted by Crippen LogP contribution is -2.49. The van der Waals surface area contributed by atoms with Crippen LogP contribution in [0.3, 0.4) is 0 Å². The molecule has 3 aromatic rings. The van der Waals surface area contributed by atoms with Gasteiger partial charge in [-0.15, -0.1) is 0 Å². The summed E-state index contributed by atoms with van der Waals surface area (Å²) < 4.78 is 28.6. The molecule has 0 N–H and O–H groups in total. The molecule has 4 rings (SSSR count). The lowest BCUT2D eigenvalue weighted by Gasteiger charge is -2.34. The third kappa shape index (κ3) is 4.21. The molecule has 1 saturated heterocycles. The number of hydrogen-bond acceptors (Lipinski definition) is 4. The molecule has 1 heterocycles. The van der Waals surface area contributed by atoms with Crippen LogP contribution >= 0.6 is 0 Å². The maximum absolute atomic E-state index is 13.5. The van der Waals surface area contributed by atoms with Gasteiger partial charge in [-0.25, -0.2) is 8.42 Å². The lowest BCUT2D eigenvalue weighted by molar-refractivity contribution is 0.190. The second-order valence-electron chi connectivity index (χ2n) is 8.00. The van der Waals surface area contributed by atoms with E-state index in [1.807, 2.05) is 55.4 Å². The van der Waals surface area contributed by atoms with Crippen LogP contribution < -0.4 is 4.90 Å². The molecule has 0 spiro atoms. The summed E-state index contributed by atoms with van der Waals surface area (Å²) in [6.07, 6.45) is 0.990. The zero-order valence-electron chi connectivity index (χ0n) is 17.7. The van der Waals surface area contributed by atoms with E-state index in [-0.39, 0.29) is 0 Å². The zero-order valence-corrected chi connectivity index (χ0v) is 18.5. The van der Waals surface area contributed by atoms with E-state index < -0.39 is 10.0 Å². The third-order valence-corrected chi connectivity index (χ3v) is 7.81. The number of hydrogen-bond donors (Lipinski definition) is 0. The summed E-state index contributed by atoms with van der Waals surface area (Å²) >= 11 is 0. The lowest BCUT2D eigenvalue weighted by atomic mass is 10.1. The highest BCUT2D eigenvalue weighted by atomic mass is 32.2. The van der Waals surface area contributed by atoms with Gasteiger partial charge in [0.2, 0.25) is 10.0 Å². The molecule has 0 radical (unpaired) electrons. The Hall–Kier alpha value is -2.41. The fourth-order valence-electron chi connectivity index (χ4n) is 4.14. The first-order valence-electron chi connectivity index (χ1n) is 10.4. The maximum Gasteiger partial charge on any atom is 0.243 e. The molecule has 1 aliphatic heterocycles. The van der Waals surface area contributed by atoms with E-state index in [2.05, 4.69) is 29.2 Å². The highest BCUT2D eigenvalue weighted by Crippen LogP contribution is 2.31. The summed E-state index contributed by atoms with van der Waals surface area (Å²) in [5, 5.41) is 1.75. The van der Waals surface area contributed by atoms with E-state index in [0.717, 1.165) is 42.5 Å². The van der Waals surface area contributed by atoms with Gasteiger partial charge in [0.15, 0.2) is 0 Å². The summed E-state index contributed by atoms with van der Waals surface area (Å²) in [7, 11) is 0.420. The normalized spacial score (nSPS) is 16.1. The minimum absolute atomic E-state index is 0.404. The topological polar surface area (TPSA) is 43.9 Å². The molecule has 0 atom stereocenters. The predicted octanol–water partition coefficient (Wildman–Crippen LogP) is 3.45. The van der Waals surface area contributed by atoms with Gasteiger partial charge in [-0.1, -0.05) is 54.6 Å². The monoisotopic (exact) mass is 423 g/mol. The second kappa shape index (κ2) is 8.76. The number of piperazine rings is 1. The molecule has 0 saturated carbocycles. The minimum Gasteiger partial charge on any atom is -0.377 e. The largest absolute Gasteiger partial charge is 0.377 e. The van der Waals surface area contributed by atoms with Crippen LogP contribution in [0.2, 0.25) is 0 Å². The molecule has 6 heteroatoms. The van der Waals surface area contributed by atoms with E-state index in [4.69, 9.17) is 0 Å². The summed E-state index contributed by atoms with van der Waals surface area (Å²) in [5.74, 6) is 0. The third-order valence-electron chi connectivity index (χ3n) is 5.85. The van der Waals surface area contributed by atoms with Gasteiger partial charge in [-0.3, -0.25) is 0 Å². The molecule has 1 aliphatic rings. The van der Waals surface area contributed by atoms with Crippen LogP contribution in [0.4, 0.5) is 5.69 Å². The Balaban J connectivity index is 1.49. The quantitative estimate of drug-likeness (QED) is 0.609. The SMILES string of the molecule is CN(C)c1cccc2c(S(=O)(=O)N3CCN(CCc4ccccc4)CC3)cccc12. The van der Waals surface area contributed by atoms with Gasteiger partial charge < -0.3 is 9.80 Å². The fraction of sp³-hybridized carbons (Fsp3) is 0.333. The molecular formula is C24H29N3O2S. The summed E-state index contributed by atoms with van der Waals surface area (Å²) in [4.78, 5) is 4.78. The van der Waals surface area contributed by atoms with Crippen molar-refractivity contribution in [3.63, 3.8) is 0 Å². The van der Waals surface area contributed by atoms with Crippen LogP contribution in [0, 0.1) is 0 Å². The number of benzene rings is 3. The highest BCUT2D eigenvalue weighted by molar-refractivity contribution is 7.89. The van der Waals surface area contributed by atoms with E-state index in [1.54, 1.807) is 10.4 Å². The number of rotatable bonds is 6. The van der Waals surface area contributed by atoms with Gasteiger partial charge in [0.1, 0.15) is 0 Å². The molecule has 158 valence electrons. The van der Waals surface area contributed by atoms with Crippen LogP contribution in [0.25, 0.3) is 10.8 Å². The molecule has 0 aliphatic carbocycles. The van der Waals surface area contributed by atoms with Crippen molar-refractivity contribution in [1.29, 1.82) is 0 Å². The van der Waals surface area contributed by atoms with Gasteiger partial charge in [0.25, 0.3) is 0 Å². The van der Waals surface area contributed by atoms with E-state index >= 15 is 0 Å². The van der Waals surface area contributed by atoms with Crippen molar-refractivity contribution in [2.75, 3.05) is 51.7 Å². The van der Waals surface area contributed by atoms with Crippen molar-refractivity contribution in [1.82, 2.24) is 9.21 Å². The molecule has 5 nitrogen and oxygen atoms in total. The van der Waals surface area contributed by atoms with Crippen molar-refractivity contribution >= 4 is 26.5 Å². The predicted molar refractivity (Wildman–Crippen MR) is 124 cm³/mol. The van der Waals surface area contributed by atoms with Gasteiger partial charge in [0.05, 0.1) is 4.90 Å². The first kappa shape index (κ1) is 20.8. The van der Waals surface area contributed by atoms with Crippen molar-refractivity contribution in [3.8, 4) is 0 Å². The average Bonchev–Trinajstić information content (AvgIpc) is 2.77. The molecule has 0 unspecified atom stereocenters. The molecule has 30 heavy (non-hydrogen) atoms. The Morgan fingerprint density at radius 1 is 0.800 bits per heavy atom. The van der Waals surface area contributed by atoms with Crippen LogP contribution in [0.15, 0.2) is 71.6 Å². The van der Waals surface area contributed by atoms with Gasteiger partial charge in [-0.05, 0) is 24.1 Å². The van der Waals surface area contributed by atoms with Crippen molar-refractivity contribution < 1.29 is 8.42 Å². The number of fused-ring (bicyclic) bond motifs is 1. The summed E-state index contributed by atoms with van der Waals surface area (Å²) in [6.45, 7) is 3.54. The maximum atomic E-state index is 13.5. The molecular weight excluding hydrogens is 394 g/mol. The van der Waals surface area contributed by atoms with Gasteiger partial charge in [-0.2, -0.15) is 4.31 Å². The van der Waals surface area contributed by atoms with E-state index in [1.165, 1.54) is 5.56 Å². The van der Waals surface area contributed by atoms with Crippen molar-refractivity contribution in [2.45, 2.75) is 11.3 Å². The van der Waals surface area contributed by atoms with Crippen LogP contribution in [0.1, 0.15) is 5.56 Å². The zero-order chi connectivity index (χ0) is 21.1. The Labute approximate surface area is 179 Å². The van der Waals surface area contributed by atoms with Crippen LogP contribution in [-0.4, -0.2) is 64.4 Å². The van der Waals surface area contributed by atoms with Gasteiger partial charge >= 0.3 is 0 Å². The second-order valence-corrected chi connectivity index (χ2v) is 9.91. The number of nitrogens with zero attached hydrogens (tertiary/aromatic N) is 3. The van der Waals surface area contributed by atoms with Crippen molar-refractivity contribution in [3.05, 3.63) is 72.3 Å². The summed E-state index contributed by atoms with van der Waals surface area (Å²) in [5.41, 5.74) is 2.34. The van der Waals surface area contributed by atoms with Crippen molar-refractivity contribution in [2.24, 2.45) is 0 Å². The average molecular weight is 424 g/mol. The highest BCUT2D eigenvalue weighted by Gasteiger charge is 2.29. The molecule has 0 bridgehead atoms. The Morgan fingerprint density at radius 2 is 1.47 bits per heavy atom. The first-order valence-corrected chi connectivity index (χ1v) is 11.9. The van der Waals surface area contributed by atoms with E-state index in [9.17, 15) is 8.42 Å². The number of anilines is 1. The minimum atomic E-state index is -3.53.